The molecule has 3 nitrogen and oxygen atoms in total. The van der Waals surface area contributed by atoms with Crippen LogP contribution in [0.1, 0.15) is 42.6 Å². The van der Waals surface area contributed by atoms with Crippen LogP contribution in [0.5, 0.6) is 11.5 Å². The first-order valence-corrected chi connectivity index (χ1v) is 6.31. The summed E-state index contributed by atoms with van der Waals surface area (Å²) in [4.78, 5) is 12.0. The third-order valence-corrected chi connectivity index (χ3v) is 3.97. The van der Waals surface area contributed by atoms with E-state index in [0.29, 0.717) is 22.2 Å². The third kappa shape index (κ3) is 1.84. The standard InChI is InChI=1S/C13H15BrO3/c1-13(2)5-4-8(15)10-11(13)9(17-3)6-7(14)12(10)16/h6,16H,4-5H2,1-3H3. The molecule has 0 aromatic heterocycles. The van der Waals surface area contributed by atoms with E-state index < -0.39 is 0 Å². The molecule has 0 aliphatic heterocycles. The second-order valence-corrected chi connectivity index (χ2v) is 5.82. The van der Waals surface area contributed by atoms with E-state index in [1.165, 1.54) is 0 Å². The van der Waals surface area contributed by atoms with Crippen LogP contribution in [0, 0.1) is 0 Å². The minimum Gasteiger partial charge on any atom is -0.506 e. The fourth-order valence-electron chi connectivity index (χ4n) is 2.40. The van der Waals surface area contributed by atoms with Crippen LogP contribution in [0.3, 0.4) is 0 Å². The SMILES string of the molecule is COc1cc(Br)c(O)c2c1C(C)(C)CCC2=O. The van der Waals surface area contributed by atoms with E-state index in [1.54, 1.807) is 13.2 Å². The van der Waals surface area contributed by atoms with Crippen LogP contribution in [-0.4, -0.2) is 18.0 Å². The molecule has 0 fully saturated rings. The average Bonchev–Trinajstić information content (AvgIpc) is 2.27. The average molecular weight is 299 g/mol. The number of fused-ring (bicyclic) bond motifs is 1. The Kier molecular flexibility index (Phi) is 2.94. The lowest BCUT2D eigenvalue weighted by atomic mass is 9.71. The van der Waals surface area contributed by atoms with Gasteiger partial charge in [0.2, 0.25) is 0 Å². The molecule has 4 heteroatoms. The summed E-state index contributed by atoms with van der Waals surface area (Å²) in [6.07, 6.45) is 1.24. The Morgan fingerprint density at radius 2 is 2.12 bits per heavy atom. The van der Waals surface area contributed by atoms with Gasteiger partial charge >= 0.3 is 0 Å². The molecule has 17 heavy (non-hydrogen) atoms. The van der Waals surface area contributed by atoms with Crippen LogP contribution in [0.25, 0.3) is 0 Å². The second kappa shape index (κ2) is 4.02. The molecule has 0 heterocycles. The number of carbonyl (C=O) groups excluding carboxylic acids is 1. The number of carbonyl (C=O) groups is 1. The van der Waals surface area contributed by atoms with Crippen molar-refractivity contribution >= 4 is 21.7 Å². The van der Waals surface area contributed by atoms with E-state index in [1.807, 2.05) is 0 Å². The number of benzene rings is 1. The number of phenols is 1. The maximum atomic E-state index is 12.0. The van der Waals surface area contributed by atoms with Gasteiger partial charge in [0.05, 0.1) is 17.1 Å². The fourth-order valence-corrected chi connectivity index (χ4v) is 2.80. The Morgan fingerprint density at radius 1 is 1.47 bits per heavy atom. The number of ether oxygens (including phenoxy) is 1. The molecule has 1 N–H and O–H groups in total. The van der Waals surface area contributed by atoms with E-state index in [4.69, 9.17) is 4.74 Å². The highest BCUT2D eigenvalue weighted by atomic mass is 79.9. The first-order valence-electron chi connectivity index (χ1n) is 5.51. The van der Waals surface area contributed by atoms with Gasteiger partial charge in [-0.25, -0.2) is 0 Å². The summed E-state index contributed by atoms with van der Waals surface area (Å²) >= 11 is 3.25. The first kappa shape index (κ1) is 12.4. The van der Waals surface area contributed by atoms with Crippen molar-refractivity contribution in [3.63, 3.8) is 0 Å². The Morgan fingerprint density at radius 3 is 2.71 bits per heavy atom. The Bertz CT molecular complexity index is 492. The van der Waals surface area contributed by atoms with Gasteiger partial charge in [-0.05, 0) is 33.8 Å². The largest absolute Gasteiger partial charge is 0.506 e. The summed E-state index contributed by atoms with van der Waals surface area (Å²) in [6, 6.07) is 1.72. The van der Waals surface area contributed by atoms with Crippen molar-refractivity contribution in [1.82, 2.24) is 0 Å². The predicted octanol–water partition coefficient (Wildman–Crippen LogP) is 3.42. The van der Waals surface area contributed by atoms with Crippen molar-refractivity contribution in [1.29, 1.82) is 0 Å². The fraction of sp³-hybridized carbons (Fsp3) is 0.462. The van der Waals surface area contributed by atoms with Gasteiger partial charge < -0.3 is 9.84 Å². The molecule has 0 saturated carbocycles. The summed E-state index contributed by atoms with van der Waals surface area (Å²) in [6.45, 7) is 4.13. The maximum absolute atomic E-state index is 12.0. The molecule has 0 atom stereocenters. The van der Waals surface area contributed by atoms with Gasteiger partial charge in [-0.15, -0.1) is 0 Å². The van der Waals surface area contributed by atoms with Gasteiger partial charge in [0.1, 0.15) is 11.5 Å². The van der Waals surface area contributed by atoms with E-state index in [-0.39, 0.29) is 16.9 Å². The minimum absolute atomic E-state index is 0.0172. The van der Waals surface area contributed by atoms with Crippen LogP contribution in [-0.2, 0) is 5.41 Å². The first-order chi connectivity index (χ1) is 7.88. The van der Waals surface area contributed by atoms with Crippen molar-refractivity contribution in [3.05, 3.63) is 21.7 Å². The third-order valence-electron chi connectivity index (χ3n) is 3.37. The molecular weight excluding hydrogens is 284 g/mol. The molecule has 1 aliphatic carbocycles. The highest BCUT2D eigenvalue weighted by molar-refractivity contribution is 9.10. The van der Waals surface area contributed by atoms with Crippen LogP contribution in [0.15, 0.2) is 10.5 Å². The number of hydrogen-bond acceptors (Lipinski definition) is 3. The highest BCUT2D eigenvalue weighted by Gasteiger charge is 2.37. The van der Waals surface area contributed by atoms with Crippen LogP contribution >= 0.6 is 15.9 Å². The Labute approximate surface area is 109 Å². The lowest BCUT2D eigenvalue weighted by Crippen LogP contribution is -2.28. The second-order valence-electron chi connectivity index (χ2n) is 4.97. The van der Waals surface area contributed by atoms with Crippen molar-refractivity contribution in [2.75, 3.05) is 7.11 Å². The zero-order valence-corrected chi connectivity index (χ0v) is 11.7. The number of aromatic hydroxyl groups is 1. The molecule has 0 unspecified atom stereocenters. The van der Waals surface area contributed by atoms with Crippen LogP contribution in [0.4, 0.5) is 0 Å². The monoisotopic (exact) mass is 298 g/mol. The molecule has 1 aromatic carbocycles. The quantitative estimate of drug-likeness (QED) is 0.864. The van der Waals surface area contributed by atoms with Gasteiger partial charge in [0.25, 0.3) is 0 Å². The molecular formula is C13H15BrO3. The van der Waals surface area contributed by atoms with Crippen LogP contribution in [0.2, 0.25) is 0 Å². The maximum Gasteiger partial charge on any atom is 0.167 e. The topological polar surface area (TPSA) is 46.5 Å². The summed E-state index contributed by atoms with van der Waals surface area (Å²) in [7, 11) is 1.58. The predicted molar refractivity (Wildman–Crippen MR) is 68.9 cm³/mol. The molecule has 0 bridgehead atoms. The lowest BCUT2D eigenvalue weighted by Gasteiger charge is -2.33. The highest BCUT2D eigenvalue weighted by Crippen LogP contribution is 2.47. The number of phenolic OH excluding ortho intramolecular Hbond substituents is 1. The molecule has 2 rings (SSSR count). The summed E-state index contributed by atoms with van der Waals surface area (Å²) in [5, 5.41) is 10.0. The van der Waals surface area contributed by atoms with Crippen molar-refractivity contribution in [2.24, 2.45) is 0 Å². The zero-order chi connectivity index (χ0) is 12.8. The zero-order valence-electron chi connectivity index (χ0n) is 10.1. The van der Waals surface area contributed by atoms with E-state index >= 15 is 0 Å². The molecule has 92 valence electrons. The molecule has 0 saturated heterocycles. The van der Waals surface area contributed by atoms with Crippen LogP contribution < -0.4 is 4.74 Å². The van der Waals surface area contributed by atoms with Crippen molar-refractivity contribution < 1.29 is 14.6 Å². The number of Topliss-reactive ketones (excluding diaryl/α,β-unsaturated/α-hetero) is 1. The van der Waals surface area contributed by atoms with Gasteiger partial charge in [-0.1, -0.05) is 13.8 Å². The lowest BCUT2D eigenvalue weighted by molar-refractivity contribution is 0.0952. The van der Waals surface area contributed by atoms with E-state index in [0.717, 1.165) is 12.0 Å². The van der Waals surface area contributed by atoms with Crippen molar-refractivity contribution in [3.8, 4) is 11.5 Å². The minimum atomic E-state index is -0.160. The molecule has 1 aliphatic rings. The Balaban J connectivity index is 2.82. The molecule has 0 spiro atoms. The summed E-state index contributed by atoms with van der Waals surface area (Å²) < 4.78 is 5.84. The normalized spacial score (nSPS) is 17.8. The Hall–Kier alpha value is -1.03. The van der Waals surface area contributed by atoms with E-state index in [9.17, 15) is 9.90 Å². The van der Waals surface area contributed by atoms with E-state index in [2.05, 4.69) is 29.8 Å². The van der Waals surface area contributed by atoms with Gasteiger partial charge in [-0.2, -0.15) is 0 Å². The molecule has 0 radical (unpaired) electrons. The molecule has 0 amide bonds. The number of halogens is 1. The number of methoxy groups -OCH3 is 1. The number of hydrogen-bond donors (Lipinski definition) is 1. The van der Waals surface area contributed by atoms with Gasteiger partial charge in [0.15, 0.2) is 5.78 Å². The number of ketones is 1. The molecule has 1 aromatic rings. The van der Waals surface area contributed by atoms with Gasteiger partial charge in [-0.3, -0.25) is 4.79 Å². The van der Waals surface area contributed by atoms with Crippen molar-refractivity contribution in [2.45, 2.75) is 32.1 Å². The smallest absolute Gasteiger partial charge is 0.167 e. The number of rotatable bonds is 1. The summed E-state index contributed by atoms with van der Waals surface area (Å²) in [5.41, 5.74) is 1.07. The summed E-state index contributed by atoms with van der Waals surface area (Å²) in [5.74, 6) is 0.665. The van der Waals surface area contributed by atoms with Gasteiger partial charge in [0, 0.05) is 12.0 Å².